The Bertz CT molecular complexity index is 1970. The fraction of sp³-hybridized carbons (Fsp3) is 0.103. The molecular weight excluding hydrogens is 624 g/mol. The third-order valence-electron chi connectivity index (χ3n) is 6.64. The van der Waals surface area contributed by atoms with E-state index in [0.717, 1.165) is 34.6 Å². The van der Waals surface area contributed by atoms with E-state index >= 15 is 4.39 Å². The van der Waals surface area contributed by atoms with E-state index in [1.165, 1.54) is 23.4 Å². The minimum absolute atomic E-state index is 0.0119. The number of alkyl halides is 5. The second-order valence-electron chi connectivity index (χ2n) is 9.52. The van der Waals surface area contributed by atoms with Crippen molar-refractivity contribution in [2.75, 3.05) is 16.0 Å². The Balaban J connectivity index is 1.18. The minimum Gasteiger partial charge on any atom is -0.303 e. The highest BCUT2D eigenvalue weighted by Gasteiger charge is 2.58. The van der Waals surface area contributed by atoms with Gasteiger partial charge >= 0.3 is 18.1 Å². The number of halogens is 6. The summed E-state index contributed by atoms with van der Waals surface area (Å²) in [5.74, 6) is -6.11. The topological polar surface area (TPSA) is 105 Å². The first-order valence-corrected chi connectivity index (χ1v) is 13.9. The van der Waals surface area contributed by atoms with Gasteiger partial charge in [-0.3, -0.25) is 14.7 Å². The van der Waals surface area contributed by atoms with Crippen LogP contribution in [0, 0.1) is 5.82 Å². The lowest BCUT2D eigenvalue weighted by molar-refractivity contribution is -0.289. The first-order valence-electron chi connectivity index (χ1n) is 12.9. The minimum atomic E-state index is -5.75. The summed E-state index contributed by atoms with van der Waals surface area (Å²) in [6.07, 6.45) is -2.96. The lowest BCUT2D eigenvalue weighted by atomic mass is 10.1. The van der Waals surface area contributed by atoms with Gasteiger partial charge in [0.25, 0.3) is 0 Å². The van der Waals surface area contributed by atoms with Crippen molar-refractivity contribution in [1.29, 1.82) is 0 Å². The normalized spacial score (nSPS) is 14.8. The van der Waals surface area contributed by atoms with E-state index in [0.29, 0.717) is 28.7 Å². The SMILES string of the molecule is O=C(N=C1SCC(=O)N1c1cccc2ncccc12)Nc1ccc(-c2ncn(-c3ccc(C(F)(F)C(F)(F)F)cc3)n2)cc1F. The van der Waals surface area contributed by atoms with Crippen LogP contribution >= 0.6 is 11.8 Å². The number of pyridine rings is 1. The molecule has 6 rings (SSSR count). The van der Waals surface area contributed by atoms with E-state index in [4.69, 9.17) is 0 Å². The van der Waals surface area contributed by atoms with Gasteiger partial charge in [0.2, 0.25) is 5.91 Å². The monoisotopic (exact) mass is 641 g/mol. The number of nitrogens with zero attached hydrogens (tertiary/aromatic N) is 6. The highest BCUT2D eigenvalue weighted by atomic mass is 32.2. The fourth-order valence-corrected chi connectivity index (χ4v) is 5.31. The fourth-order valence-electron chi connectivity index (χ4n) is 4.46. The van der Waals surface area contributed by atoms with Crippen LogP contribution in [0.1, 0.15) is 5.56 Å². The maximum Gasteiger partial charge on any atom is 0.458 e. The van der Waals surface area contributed by atoms with E-state index < -0.39 is 29.5 Å². The first-order chi connectivity index (χ1) is 21.4. The van der Waals surface area contributed by atoms with Crippen LogP contribution in [0.2, 0.25) is 0 Å². The number of carbonyl (C=O) groups excluding carboxylic acids is 2. The van der Waals surface area contributed by atoms with Crippen molar-refractivity contribution >= 4 is 51.1 Å². The van der Waals surface area contributed by atoms with Crippen LogP contribution in [-0.2, 0) is 10.7 Å². The quantitative estimate of drug-likeness (QED) is 0.209. The molecule has 0 bridgehead atoms. The van der Waals surface area contributed by atoms with Crippen LogP contribution in [-0.4, -0.2) is 48.8 Å². The van der Waals surface area contributed by atoms with Crippen LogP contribution in [0.3, 0.4) is 0 Å². The molecule has 3 heterocycles. The van der Waals surface area contributed by atoms with Crippen molar-refractivity contribution in [3.8, 4) is 17.1 Å². The number of fused-ring (bicyclic) bond motifs is 1. The average Bonchev–Trinajstić information content (AvgIpc) is 3.64. The molecule has 1 aliphatic rings. The molecule has 0 radical (unpaired) electrons. The number of anilines is 2. The van der Waals surface area contributed by atoms with Crippen LogP contribution in [0.4, 0.5) is 42.5 Å². The summed E-state index contributed by atoms with van der Waals surface area (Å²) in [7, 11) is 0. The summed E-state index contributed by atoms with van der Waals surface area (Å²) in [5, 5.41) is 7.27. The first kappa shape index (κ1) is 29.8. The third-order valence-corrected chi connectivity index (χ3v) is 7.56. The number of amidine groups is 1. The van der Waals surface area contributed by atoms with E-state index in [1.807, 2.05) is 0 Å². The Morgan fingerprint density at radius 1 is 0.956 bits per heavy atom. The predicted octanol–water partition coefficient (Wildman–Crippen LogP) is 6.94. The van der Waals surface area contributed by atoms with Gasteiger partial charge in [0.15, 0.2) is 11.0 Å². The Hall–Kier alpha value is -5.25. The Morgan fingerprint density at radius 2 is 1.73 bits per heavy atom. The summed E-state index contributed by atoms with van der Waals surface area (Å²) in [5.41, 5.74) is 0.0114. The number of rotatable bonds is 5. The molecule has 9 nitrogen and oxygen atoms in total. The molecular formula is C29H17F6N7O2S. The van der Waals surface area contributed by atoms with Crippen molar-refractivity contribution in [1.82, 2.24) is 19.7 Å². The van der Waals surface area contributed by atoms with Crippen molar-refractivity contribution < 1.29 is 35.9 Å². The molecule has 3 aromatic carbocycles. The Kier molecular flexibility index (Phi) is 7.52. The van der Waals surface area contributed by atoms with Crippen LogP contribution in [0.25, 0.3) is 28.0 Å². The highest BCUT2D eigenvalue weighted by molar-refractivity contribution is 8.15. The smallest absolute Gasteiger partial charge is 0.303 e. The van der Waals surface area contributed by atoms with Crippen molar-refractivity contribution in [2.24, 2.45) is 4.99 Å². The average molecular weight is 642 g/mol. The second kappa shape index (κ2) is 11.4. The lowest BCUT2D eigenvalue weighted by Crippen LogP contribution is -2.33. The molecule has 45 heavy (non-hydrogen) atoms. The van der Waals surface area contributed by atoms with Gasteiger partial charge in [0.05, 0.1) is 28.3 Å². The zero-order valence-corrected chi connectivity index (χ0v) is 23.3. The highest BCUT2D eigenvalue weighted by Crippen LogP contribution is 2.44. The second-order valence-corrected chi connectivity index (χ2v) is 10.5. The van der Waals surface area contributed by atoms with Crippen molar-refractivity contribution in [3.05, 3.63) is 96.7 Å². The van der Waals surface area contributed by atoms with Gasteiger partial charge in [-0.15, -0.1) is 5.10 Å². The molecule has 0 unspecified atom stereocenters. The molecule has 228 valence electrons. The number of nitrogens with one attached hydrogen (secondary N) is 1. The largest absolute Gasteiger partial charge is 0.458 e. The molecule has 1 aliphatic heterocycles. The zero-order valence-electron chi connectivity index (χ0n) is 22.5. The number of amides is 3. The Morgan fingerprint density at radius 3 is 2.47 bits per heavy atom. The summed E-state index contributed by atoms with van der Waals surface area (Å²) in [6.45, 7) is 0. The Labute approximate surface area is 253 Å². The number of thioether (sulfide) groups is 1. The molecule has 5 aromatic rings. The lowest BCUT2D eigenvalue weighted by Gasteiger charge is -2.19. The van der Waals surface area contributed by atoms with Crippen LogP contribution in [0.5, 0.6) is 0 Å². The molecule has 16 heteroatoms. The molecule has 0 aliphatic carbocycles. The summed E-state index contributed by atoms with van der Waals surface area (Å²) >= 11 is 1.05. The maximum atomic E-state index is 15.0. The number of hydrogen-bond acceptors (Lipinski definition) is 6. The number of carbonyl (C=O) groups is 2. The number of urea groups is 1. The standard InChI is InChI=1S/C29H17F6N7O2S/c30-20-13-16(25-37-15-41(40-25)18-9-7-17(8-10-18)28(31,32)29(33,34)35)6-11-22(20)38-26(44)39-27-42(24(43)14-45-27)23-5-1-4-21-19(23)3-2-12-36-21/h1-13,15H,14H2,(H,38,44). The number of aliphatic imine (C=N–C) groups is 1. The molecule has 0 saturated carbocycles. The predicted molar refractivity (Wildman–Crippen MR) is 155 cm³/mol. The number of aromatic nitrogens is 4. The van der Waals surface area contributed by atoms with Gasteiger partial charge in [-0.1, -0.05) is 30.0 Å². The van der Waals surface area contributed by atoms with Gasteiger partial charge in [-0.05, 0) is 54.6 Å². The van der Waals surface area contributed by atoms with Gasteiger partial charge in [-0.2, -0.15) is 26.9 Å². The molecule has 0 spiro atoms. The number of hydrogen-bond donors (Lipinski definition) is 1. The summed E-state index contributed by atoms with van der Waals surface area (Å²) in [4.78, 5) is 39.1. The molecule has 1 N–H and O–H groups in total. The van der Waals surface area contributed by atoms with Gasteiger partial charge in [-0.25, -0.2) is 18.9 Å². The van der Waals surface area contributed by atoms with Crippen molar-refractivity contribution in [3.63, 3.8) is 0 Å². The zero-order chi connectivity index (χ0) is 31.9. The van der Waals surface area contributed by atoms with Gasteiger partial charge < -0.3 is 5.32 Å². The molecule has 1 saturated heterocycles. The van der Waals surface area contributed by atoms with E-state index in [1.54, 1.807) is 36.5 Å². The maximum absolute atomic E-state index is 15.0. The summed E-state index contributed by atoms with van der Waals surface area (Å²) in [6, 6.07) is 14.8. The molecule has 2 aromatic heterocycles. The van der Waals surface area contributed by atoms with Crippen molar-refractivity contribution in [2.45, 2.75) is 12.1 Å². The van der Waals surface area contributed by atoms with Gasteiger partial charge in [0.1, 0.15) is 12.1 Å². The van der Waals surface area contributed by atoms with Crippen LogP contribution in [0.15, 0.2) is 90.3 Å². The molecule has 1 fully saturated rings. The number of benzene rings is 3. The van der Waals surface area contributed by atoms with E-state index in [-0.39, 0.29) is 39.6 Å². The molecule has 3 amide bonds. The van der Waals surface area contributed by atoms with Gasteiger partial charge in [0, 0.05) is 22.7 Å². The van der Waals surface area contributed by atoms with E-state index in [9.17, 15) is 31.5 Å². The third kappa shape index (κ3) is 5.71. The van der Waals surface area contributed by atoms with E-state index in [2.05, 4.69) is 25.4 Å². The molecule has 0 atom stereocenters. The summed E-state index contributed by atoms with van der Waals surface area (Å²) < 4.78 is 81.2. The van der Waals surface area contributed by atoms with Crippen LogP contribution < -0.4 is 10.2 Å².